The maximum absolute atomic E-state index is 12.4. The molecule has 8 heteroatoms. The molecule has 0 aromatic heterocycles. The highest BCUT2D eigenvalue weighted by Gasteiger charge is 2.48. The molecule has 0 radical (unpaired) electrons. The standard InChI is InChI=1S/C17H15ClN2O5/c18-10-3-6-12-13(7-10)16(23)20(15(12)22)8-14(21)19-11-4-1-9(2-5-11)17(24)25/h1-5,12-13H,6-8H2,(H,19,21)(H,24,25)/t12-,13+/m0/s1. The van der Waals surface area contributed by atoms with Gasteiger partial charge in [0.15, 0.2) is 0 Å². The molecule has 1 aromatic carbocycles. The van der Waals surface area contributed by atoms with Crippen molar-refractivity contribution in [3.63, 3.8) is 0 Å². The van der Waals surface area contributed by atoms with Gasteiger partial charge in [0.2, 0.25) is 17.7 Å². The second-order valence-electron chi connectivity index (χ2n) is 6.00. The second kappa shape index (κ2) is 6.68. The van der Waals surface area contributed by atoms with Crippen molar-refractivity contribution in [3.8, 4) is 0 Å². The lowest BCUT2D eigenvalue weighted by atomic mass is 9.85. The van der Waals surface area contributed by atoms with Gasteiger partial charge in [-0.2, -0.15) is 0 Å². The molecule has 3 amide bonds. The van der Waals surface area contributed by atoms with E-state index in [1.165, 1.54) is 24.3 Å². The van der Waals surface area contributed by atoms with E-state index in [1.54, 1.807) is 6.08 Å². The van der Waals surface area contributed by atoms with Crippen LogP contribution in [-0.2, 0) is 14.4 Å². The Morgan fingerprint density at radius 3 is 2.44 bits per heavy atom. The molecule has 3 rings (SSSR count). The Morgan fingerprint density at radius 1 is 1.16 bits per heavy atom. The summed E-state index contributed by atoms with van der Waals surface area (Å²) in [7, 11) is 0. The second-order valence-corrected chi connectivity index (χ2v) is 6.48. The zero-order valence-corrected chi connectivity index (χ0v) is 13.8. The van der Waals surface area contributed by atoms with E-state index in [-0.39, 0.29) is 23.9 Å². The van der Waals surface area contributed by atoms with Crippen LogP contribution in [0.25, 0.3) is 0 Å². The number of imide groups is 1. The van der Waals surface area contributed by atoms with E-state index in [2.05, 4.69) is 5.32 Å². The molecule has 25 heavy (non-hydrogen) atoms. The highest BCUT2D eigenvalue weighted by molar-refractivity contribution is 6.30. The number of nitrogens with zero attached hydrogens (tertiary/aromatic N) is 1. The zero-order chi connectivity index (χ0) is 18.1. The Kier molecular flexibility index (Phi) is 4.59. The van der Waals surface area contributed by atoms with E-state index in [0.29, 0.717) is 23.6 Å². The minimum absolute atomic E-state index is 0.0938. The van der Waals surface area contributed by atoms with Gasteiger partial charge < -0.3 is 10.4 Å². The van der Waals surface area contributed by atoms with Crippen LogP contribution in [0.5, 0.6) is 0 Å². The van der Waals surface area contributed by atoms with E-state index < -0.39 is 23.7 Å². The van der Waals surface area contributed by atoms with Crippen molar-refractivity contribution < 1.29 is 24.3 Å². The largest absolute Gasteiger partial charge is 0.478 e. The third-order valence-corrected chi connectivity index (χ3v) is 4.69. The first-order valence-corrected chi connectivity index (χ1v) is 8.07. The third kappa shape index (κ3) is 3.41. The van der Waals surface area contributed by atoms with Crippen LogP contribution in [0, 0.1) is 11.8 Å². The molecule has 1 heterocycles. The normalized spacial score (nSPS) is 22.4. The molecule has 2 aliphatic rings. The first-order chi connectivity index (χ1) is 11.9. The predicted molar refractivity (Wildman–Crippen MR) is 88.9 cm³/mol. The summed E-state index contributed by atoms with van der Waals surface area (Å²) in [6.45, 7) is -0.372. The number of allylic oxidation sites excluding steroid dienone is 2. The van der Waals surface area contributed by atoms with Crippen LogP contribution in [0.3, 0.4) is 0 Å². The molecule has 0 saturated carbocycles. The van der Waals surface area contributed by atoms with Gasteiger partial charge in [-0.25, -0.2) is 4.79 Å². The number of rotatable bonds is 4. The molecule has 1 aliphatic heterocycles. The van der Waals surface area contributed by atoms with Crippen LogP contribution in [0.15, 0.2) is 35.4 Å². The number of hydrogen-bond donors (Lipinski definition) is 2. The number of carboxylic acid groups (broad SMARTS) is 1. The summed E-state index contributed by atoms with van der Waals surface area (Å²) in [4.78, 5) is 48.6. The topological polar surface area (TPSA) is 104 Å². The SMILES string of the molecule is O=C(CN1C(=O)[C@H]2CC=C(Cl)C[C@H]2C1=O)Nc1ccc(C(=O)O)cc1. The molecule has 1 aromatic rings. The smallest absolute Gasteiger partial charge is 0.335 e. The van der Waals surface area contributed by atoms with Gasteiger partial charge in [0, 0.05) is 10.7 Å². The highest BCUT2D eigenvalue weighted by atomic mass is 35.5. The number of aromatic carboxylic acids is 1. The molecule has 7 nitrogen and oxygen atoms in total. The van der Waals surface area contributed by atoms with E-state index in [0.717, 1.165) is 4.90 Å². The summed E-state index contributed by atoms with van der Waals surface area (Å²) in [5, 5.41) is 12.0. The van der Waals surface area contributed by atoms with Crippen LogP contribution in [0.2, 0.25) is 0 Å². The fourth-order valence-electron chi connectivity index (χ4n) is 3.09. The maximum atomic E-state index is 12.4. The van der Waals surface area contributed by atoms with Crippen molar-refractivity contribution in [2.24, 2.45) is 11.8 Å². The Labute approximate surface area is 148 Å². The number of anilines is 1. The summed E-state index contributed by atoms with van der Waals surface area (Å²) in [6.07, 6.45) is 2.47. The number of carbonyl (C=O) groups is 4. The van der Waals surface area contributed by atoms with Gasteiger partial charge in [-0.05, 0) is 37.1 Å². The van der Waals surface area contributed by atoms with Crippen molar-refractivity contribution in [3.05, 3.63) is 40.9 Å². The molecule has 0 bridgehead atoms. The number of carboxylic acids is 1. The highest BCUT2D eigenvalue weighted by Crippen LogP contribution is 2.38. The molecule has 2 N–H and O–H groups in total. The Bertz CT molecular complexity index is 787. The monoisotopic (exact) mass is 362 g/mol. The number of hydrogen-bond acceptors (Lipinski definition) is 4. The molecule has 1 aliphatic carbocycles. The lowest BCUT2D eigenvalue weighted by Gasteiger charge is -2.17. The summed E-state index contributed by atoms with van der Waals surface area (Å²) in [5.41, 5.74) is 0.479. The van der Waals surface area contributed by atoms with E-state index in [1.807, 2.05) is 0 Å². The van der Waals surface area contributed by atoms with Gasteiger partial charge in [0.25, 0.3) is 0 Å². The van der Waals surface area contributed by atoms with Gasteiger partial charge in [0.05, 0.1) is 17.4 Å². The number of nitrogens with one attached hydrogen (secondary N) is 1. The maximum Gasteiger partial charge on any atom is 0.335 e. The lowest BCUT2D eigenvalue weighted by molar-refractivity contribution is -0.142. The number of carbonyl (C=O) groups excluding carboxylic acids is 3. The van der Waals surface area contributed by atoms with Crippen molar-refractivity contribution in [1.82, 2.24) is 4.90 Å². The van der Waals surface area contributed by atoms with Gasteiger partial charge in [-0.15, -0.1) is 0 Å². The molecular weight excluding hydrogens is 348 g/mol. The van der Waals surface area contributed by atoms with Crippen molar-refractivity contribution in [2.45, 2.75) is 12.8 Å². The molecule has 1 fully saturated rings. The summed E-state index contributed by atoms with van der Waals surface area (Å²) in [6, 6.07) is 5.59. The summed E-state index contributed by atoms with van der Waals surface area (Å²) in [5.74, 6) is -3.27. The van der Waals surface area contributed by atoms with E-state index >= 15 is 0 Å². The molecule has 0 unspecified atom stereocenters. The molecule has 2 atom stereocenters. The quantitative estimate of drug-likeness (QED) is 0.795. The number of amides is 3. The summed E-state index contributed by atoms with van der Waals surface area (Å²) >= 11 is 5.95. The fraction of sp³-hybridized carbons (Fsp3) is 0.294. The fourth-order valence-corrected chi connectivity index (χ4v) is 3.35. The van der Waals surface area contributed by atoms with Crippen LogP contribution in [0.1, 0.15) is 23.2 Å². The Hall–Kier alpha value is -2.67. The molecular formula is C17H15ClN2O5. The Morgan fingerprint density at radius 2 is 1.80 bits per heavy atom. The van der Waals surface area contributed by atoms with Gasteiger partial charge >= 0.3 is 5.97 Å². The summed E-state index contributed by atoms with van der Waals surface area (Å²) < 4.78 is 0. The van der Waals surface area contributed by atoms with Crippen LogP contribution in [0.4, 0.5) is 5.69 Å². The minimum Gasteiger partial charge on any atom is -0.478 e. The van der Waals surface area contributed by atoms with Gasteiger partial charge in [0.1, 0.15) is 6.54 Å². The number of fused-ring (bicyclic) bond motifs is 1. The van der Waals surface area contributed by atoms with Gasteiger partial charge in [-0.1, -0.05) is 17.7 Å². The number of likely N-dealkylation sites (tertiary alicyclic amines) is 1. The van der Waals surface area contributed by atoms with Crippen molar-refractivity contribution in [1.29, 1.82) is 0 Å². The molecule has 130 valence electrons. The average molecular weight is 363 g/mol. The first-order valence-electron chi connectivity index (χ1n) is 7.70. The van der Waals surface area contributed by atoms with E-state index in [9.17, 15) is 19.2 Å². The lowest BCUT2D eigenvalue weighted by Crippen LogP contribution is -2.38. The predicted octanol–water partition coefficient (Wildman–Crippen LogP) is 1.84. The zero-order valence-electron chi connectivity index (χ0n) is 13.1. The Balaban J connectivity index is 1.64. The van der Waals surface area contributed by atoms with E-state index in [4.69, 9.17) is 16.7 Å². The van der Waals surface area contributed by atoms with Crippen LogP contribution < -0.4 is 5.32 Å². The minimum atomic E-state index is -1.07. The number of benzene rings is 1. The molecule has 0 spiro atoms. The number of halogens is 1. The van der Waals surface area contributed by atoms with Crippen molar-refractivity contribution >= 4 is 41.0 Å². The third-order valence-electron chi connectivity index (χ3n) is 4.38. The van der Waals surface area contributed by atoms with Crippen LogP contribution in [-0.4, -0.2) is 40.2 Å². The molecule has 1 saturated heterocycles. The van der Waals surface area contributed by atoms with Crippen molar-refractivity contribution in [2.75, 3.05) is 11.9 Å². The van der Waals surface area contributed by atoms with Crippen LogP contribution >= 0.6 is 11.6 Å². The van der Waals surface area contributed by atoms with Gasteiger partial charge in [-0.3, -0.25) is 19.3 Å². The first kappa shape index (κ1) is 17.2. The average Bonchev–Trinajstić information content (AvgIpc) is 2.80.